The van der Waals surface area contributed by atoms with Gasteiger partial charge in [-0.25, -0.2) is 4.79 Å². The van der Waals surface area contributed by atoms with Gasteiger partial charge in [-0.15, -0.1) is 0 Å². The first-order chi connectivity index (χ1) is 5.70. The third-order valence-corrected chi connectivity index (χ3v) is 1.12. The van der Waals surface area contributed by atoms with E-state index in [1.807, 2.05) is 0 Å². The highest BCUT2D eigenvalue weighted by molar-refractivity contribution is 5.88. The number of carbonyl (C=O) groups is 1. The summed E-state index contributed by atoms with van der Waals surface area (Å²) in [4.78, 5) is 10.9. The van der Waals surface area contributed by atoms with Crippen LogP contribution in [0.25, 0.3) is 0 Å². The summed E-state index contributed by atoms with van der Waals surface area (Å²) in [5.41, 5.74) is 0.354. The molecule has 0 N–H and O–H groups in total. The average Bonchev–Trinajstić information content (AvgIpc) is 2.06. The minimum Gasteiger partial charge on any atom is -0.421 e. The fourth-order valence-corrected chi connectivity index (χ4v) is 0.533. The van der Waals surface area contributed by atoms with Gasteiger partial charge in [0.05, 0.1) is 12.4 Å². The Morgan fingerprint density at radius 3 is 2.83 bits per heavy atom. The van der Waals surface area contributed by atoms with Crippen LogP contribution >= 0.6 is 0 Å². The van der Waals surface area contributed by atoms with Crippen molar-refractivity contribution in [3.05, 3.63) is 30.6 Å². The van der Waals surface area contributed by atoms with Gasteiger partial charge in [0.2, 0.25) is 0 Å². The van der Waals surface area contributed by atoms with Gasteiger partial charge in [-0.05, 0) is 6.92 Å². The van der Waals surface area contributed by atoms with Crippen LogP contribution in [0.1, 0.15) is 6.92 Å². The van der Waals surface area contributed by atoms with Crippen molar-refractivity contribution in [1.29, 1.82) is 0 Å². The summed E-state index contributed by atoms with van der Waals surface area (Å²) in [6.45, 7) is 5.02. The van der Waals surface area contributed by atoms with Crippen LogP contribution in [0.5, 0.6) is 5.75 Å². The number of carbonyl (C=O) groups excluding carboxylic acids is 1. The minimum absolute atomic E-state index is 0.354. The molecule has 0 radical (unpaired) electrons. The fourth-order valence-electron chi connectivity index (χ4n) is 0.533. The zero-order chi connectivity index (χ0) is 8.97. The van der Waals surface area contributed by atoms with Gasteiger partial charge in [0.1, 0.15) is 0 Å². The van der Waals surface area contributed by atoms with Gasteiger partial charge in [-0.3, -0.25) is 0 Å². The molecule has 0 unspecified atom stereocenters. The molecule has 1 rings (SSSR count). The maximum Gasteiger partial charge on any atom is 0.338 e. The van der Waals surface area contributed by atoms with Crippen LogP contribution in [0, 0.1) is 0 Å². The molecule has 0 aromatic carbocycles. The maximum absolute atomic E-state index is 10.9. The van der Waals surface area contributed by atoms with Crippen LogP contribution in [0.2, 0.25) is 0 Å². The lowest BCUT2D eigenvalue weighted by atomic mass is 10.4. The second-order valence-electron chi connectivity index (χ2n) is 2.25. The Bertz CT molecular complexity index is 295. The Balaban J connectivity index is 2.65. The van der Waals surface area contributed by atoms with Gasteiger partial charge in [-0.2, -0.15) is 10.2 Å². The fraction of sp³-hybridized carbons (Fsp3) is 0.125. The molecular weight excluding hydrogens is 156 g/mol. The summed E-state index contributed by atoms with van der Waals surface area (Å²) in [5, 5.41) is 7.07. The Morgan fingerprint density at radius 2 is 2.33 bits per heavy atom. The first-order valence-corrected chi connectivity index (χ1v) is 3.34. The van der Waals surface area contributed by atoms with Crippen molar-refractivity contribution in [2.24, 2.45) is 0 Å². The number of ether oxygens (including phenoxy) is 1. The van der Waals surface area contributed by atoms with E-state index in [-0.39, 0.29) is 0 Å². The zero-order valence-electron chi connectivity index (χ0n) is 6.65. The molecule has 4 heteroatoms. The average molecular weight is 164 g/mol. The van der Waals surface area contributed by atoms with Gasteiger partial charge in [-0.1, -0.05) is 6.58 Å². The van der Waals surface area contributed by atoms with E-state index < -0.39 is 5.97 Å². The highest BCUT2D eigenvalue weighted by Gasteiger charge is 2.03. The van der Waals surface area contributed by atoms with Crippen molar-refractivity contribution in [3.8, 4) is 5.75 Å². The molecule has 0 fully saturated rings. The predicted molar refractivity (Wildman–Crippen MR) is 42.5 cm³/mol. The smallest absolute Gasteiger partial charge is 0.338 e. The third-order valence-electron chi connectivity index (χ3n) is 1.12. The summed E-state index contributed by atoms with van der Waals surface area (Å²) in [7, 11) is 0. The van der Waals surface area contributed by atoms with Gasteiger partial charge >= 0.3 is 5.97 Å². The molecule has 62 valence electrons. The van der Waals surface area contributed by atoms with Gasteiger partial charge < -0.3 is 4.74 Å². The second kappa shape index (κ2) is 3.61. The molecule has 0 aliphatic heterocycles. The van der Waals surface area contributed by atoms with Gasteiger partial charge in [0.15, 0.2) is 5.75 Å². The van der Waals surface area contributed by atoms with Crippen molar-refractivity contribution in [2.45, 2.75) is 6.92 Å². The first-order valence-electron chi connectivity index (χ1n) is 3.34. The molecule has 1 aromatic rings. The molecule has 0 aliphatic carbocycles. The summed E-state index contributed by atoms with van der Waals surface area (Å²) in [5.74, 6) is -0.0824. The van der Waals surface area contributed by atoms with E-state index in [0.717, 1.165) is 0 Å². The Morgan fingerprint density at radius 1 is 1.58 bits per heavy atom. The van der Waals surface area contributed by atoms with Crippen molar-refractivity contribution in [2.75, 3.05) is 0 Å². The second-order valence-corrected chi connectivity index (χ2v) is 2.25. The molecular formula is C8H8N2O2. The van der Waals surface area contributed by atoms with Crippen LogP contribution in [-0.2, 0) is 4.79 Å². The normalized spacial score (nSPS) is 9.08. The van der Waals surface area contributed by atoms with Crippen molar-refractivity contribution in [3.63, 3.8) is 0 Å². The van der Waals surface area contributed by atoms with E-state index in [0.29, 0.717) is 11.3 Å². The molecule has 0 saturated carbocycles. The van der Waals surface area contributed by atoms with Crippen LogP contribution in [0.4, 0.5) is 0 Å². The lowest BCUT2D eigenvalue weighted by molar-refractivity contribution is -0.130. The monoisotopic (exact) mass is 164 g/mol. The van der Waals surface area contributed by atoms with Gasteiger partial charge in [0.25, 0.3) is 0 Å². The standard InChI is InChI=1S/C8H8N2O2/c1-6(2)8(11)12-7-3-4-9-10-5-7/h3-5H,1H2,2H3. The predicted octanol–water partition coefficient (Wildman–Crippen LogP) is 0.958. The highest BCUT2D eigenvalue weighted by atomic mass is 16.5. The molecule has 0 bridgehead atoms. The third kappa shape index (κ3) is 2.16. The van der Waals surface area contributed by atoms with Crippen molar-refractivity contribution in [1.82, 2.24) is 10.2 Å². The molecule has 12 heavy (non-hydrogen) atoms. The molecule has 4 nitrogen and oxygen atoms in total. The quantitative estimate of drug-likeness (QED) is 0.482. The maximum atomic E-state index is 10.9. The van der Waals surface area contributed by atoms with Gasteiger partial charge in [0, 0.05) is 11.6 Å². The van der Waals surface area contributed by atoms with E-state index in [9.17, 15) is 4.79 Å². The van der Waals surface area contributed by atoms with Crippen LogP contribution in [0.3, 0.4) is 0 Å². The lowest BCUT2D eigenvalue weighted by Crippen LogP contribution is -2.08. The molecule has 0 saturated heterocycles. The highest BCUT2D eigenvalue weighted by Crippen LogP contribution is 2.06. The van der Waals surface area contributed by atoms with E-state index in [4.69, 9.17) is 4.74 Å². The Kier molecular flexibility index (Phi) is 2.53. The number of nitrogens with zero attached hydrogens (tertiary/aromatic N) is 2. The molecule has 1 heterocycles. The number of rotatable bonds is 2. The topological polar surface area (TPSA) is 52.1 Å². The van der Waals surface area contributed by atoms with E-state index in [1.54, 1.807) is 13.0 Å². The largest absolute Gasteiger partial charge is 0.421 e. The van der Waals surface area contributed by atoms with Crippen molar-refractivity contribution >= 4 is 5.97 Å². The minimum atomic E-state index is -0.456. The molecule has 0 aliphatic rings. The molecule has 1 aromatic heterocycles. The SMILES string of the molecule is C=C(C)C(=O)Oc1ccnnc1. The summed E-state index contributed by atoms with van der Waals surface area (Å²) in [6.07, 6.45) is 2.81. The van der Waals surface area contributed by atoms with Crippen LogP contribution < -0.4 is 4.74 Å². The summed E-state index contributed by atoms with van der Waals surface area (Å²) >= 11 is 0. The number of esters is 1. The Hall–Kier alpha value is -1.71. The van der Waals surface area contributed by atoms with E-state index in [1.165, 1.54) is 12.4 Å². The summed E-state index contributed by atoms with van der Waals surface area (Å²) < 4.78 is 4.83. The van der Waals surface area contributed by atoms with Crippen LogP contribution in [-0.4, -0.2) is 16.2 Å². The van der Waals surface area contributed by atoms with Crippen LogP contribution in [0.15, 0.2) is 30.6 Å². The van der Waals surface area contributed by atoms with E-state index in [2.05, 4.69) is 16.8 Å². The Labute approximate surface area is 69.9 Å². The first kappa shape index (κ1) is 8.39. The number of hydrogen-bond acceptors (Lipinski definition) is 4. The molecule has 0 amide bonds. The summed E-state index contributed by atoms with van der Waals surface area (Å²) in [6, 6.07) is 1.55. The molecule has 0 spiro atoms. The molecule has 0 atom stereocenters. The number of hydrogen-bond donors (Lipinski definition) is 0. The van der Waals surface area contributed by atoms with E-state index >= 15 is 0 Å². The number of aromatic nitrogens is 2. The zero-order valence-corrected chi connectivity index (χ0v) is 6.65. The lowest BCUT2D eigenvalue weighted by Gasteiger charge is -2.00. The van der Waals surface area contributed by atoms with Crippen molar-refractivity contribution < 1.29 is 9.53 Å².